The molecule has 0 N–H and O–H groups in total. The standard InChI is InChI=1S/C14H19NOSi/c1-14(12-15,16-17(2,3)4)11-10-13-8-6-5-7-9-13/h5-11H,1-4H3/b11-10-/t14-/m0/s1. The number of rotatable bonds is 4. The van der Waals surface area contributed by atoms with Gasteiger partial charge in [0.15, 0.2) is 13.9 Å². The van der Waals surface area contributed by atoms with E-state index in [4.69, 9.17) is 4.43 Å². The maximum atomic E-state index is 9.22. The Balaban J connectivity index is 2.84. The summed E-state index contributed by atoms with van der Waals surface area (Å²) in [5.41, 5.74) is 0.244. The van der Waals surface area contributed by atoms with Crippen LogP contribution in [-0.2, 0) is 4.43 Å². The molecule has 90 valence electrons. The molecule has 1 aromatic carbocycles. The molecule has 2 nitrogen and oxygen atoms in total. The summed E-state index contributed by atoms with van der Waals surface area (Å²) in [5.74, 6) is 0. The Labute approximate surface area is 105 Å². The van der Waals surface area contributed by atoms with Crippen LogP contribution >= 0.6 is 0 Å². The quantitative estimate of drug-likeness (QED) is 0.755. The molecular weight excluding hydrogens is 226 g/mol. The van der Waals surface area contributed by atoms with Crippen molar-refractivity contribution < 1.29 is 4.43 Å². The highest BCUT2D eigenvalue weighted by Crippen LogP contribution is 2.19. The summed E-state index contributed by atoms with van der Waals surface area (Å²) >= 11 is 0. The molecule has 0 saturated carbocycles. The summed E-state index contributed by atoms with van der Waals surface area (Å²) in [5, 5.41) is 9.22. The van der Waals surface area contributed by atoms with Gasteiger partial charge in [-0.15, -0.1) is 0 Å². The minimum atomic E-state index is -1.73. The van der Waals surface area contributed by atoms with Gasteiger partial charge in [0.1, 0.15) is 6.07 Å². The fraction of sp³-hybridized carbons (Fsp3) is 0.357. The van der Waals surface area contributed by atoms with Crippen molar-refractivity contribution in [1.29, 1.82) is 5.26 Å². The molecule has 0 fully saturated rings. The average molecular weight is 245 g/mol. The van der Waals surface area contributed by atoms with Crippen molar-refractivity contribution in [2.45, 2.75) is 32.2 Å². The Kier molecular flexibility index (Phi) is 4.27. The second kappa shape index (κ2) is 5.31. The molecule has 1 rings (SSSR count). The molecule has 0 saturated heterocycles. The zero-order valence-electron chi connectivity index (χ0n) is 10.9. The van der Waals surface area contributed by atoms with Crippen LogP contribution in [0.5, 0.6) is 0 Å². The van der Waals surface area contributed by atoms with E-state index in [-0.39, 0.29) is 0 Å². The second-order valence-electron chi connectivity index (χ2n) is 5.18. The molecule has 3 heteroatoms. The molecule has 0 aromatic heterocycles. The summed E-state index contributed by atoms with van der Waals surface area (Å²) in [6.07, 6.45) is 3.77. The highest BCUT2D eigenvalue weighted by atomic mass is 28.4. The lowest BCUT2D eigenvalue weighted by molar-refractivity contribution is 0.193. The first-order valence-electron chi connectivity index (χ1n) is 5.70. The summed E-state index contributed by atoms with van der Waals surface area (Å²) in [6.45, 7) is 8.06. The van der Waals surface area contributed by atoms with Crippen molar-refractivity contribution in [2.75, 3.05) is 0 Å². The lowest BCUT2D eigenvalue weighted by atomic mass is 10.1. The van der Waals surface area contributed by atoms with E-state index in [1.807, 2.05) is 49.4 Å². The van der Waals surface area contributed by atoms with E-state index in [1.54, 1.807) is 0 Å². The highest BCUT2D eigenvalue weighted by Gasteiger charge is 2.28. The number of hydrogen-bond acceptors (Lipinski definition) is 2. The SMILES string of the molecule is C[C@@](C#N)(/C=C\c1ccccc1)O[Si](C)(C)C. The molecule has 1 atom stereocenters. The Morgan fingerprint density at radius 3 is 2.29 bits per heavy atom. The van der Waals surface area contributed by atoms with Gasteiger partial charge in [0.2, 0.25) is 0 Å². The zero-order valence-corrected chi connectivity index (χ0v) is 11.9. The largest absolute Gasteiger partial charge is 0.397 e. The maximum absolute atomic E-state index is 9.22. The Morgan fingerprint density at radius 2 is 1.82 bits per heavy atom. The third-order valence-corrected chi connectivity index (χ3v) is 3.17. The van der Waals surface area contributed by atoms with Crippen LogP contribution in [0.4, 0.5) is 0 Å². The topological polar surface area (TPSA) is 33.0 Å². The van der Waals surface area contributed by atoms with E-state index in [1.165, 1.54) is 0 Å². The molecule has 0 amide bonds. The fourth-order valence-electron chi connectivity index (χ4n) is 1.55. The van der Waals surface area contributed by atoms with Crippen molar-refractivity contribution in [3.63, 3.8) is 0 Å². The van der Waals surface area contributed by atoms with Gasteiger partial charge in [-0.2, -0.15) is 5.26 Å². The number of benzene rings is 1. The van der Waals surface area contributed by atoms with Crippen molar-refractivity contribution in [2.24, 2.45) is 0 Å². The molecule has 0 aliphatic carbocycles. The Bertz CT molecular complexity index is 428. The fourth-order valence-corrected chi connectivity index (χ4v) is 2.94. The average Bonchev–Trinajstić information content (AvgIpc) is 2.26. The van der Waals surface area contributed by atoms with Gasteiger partial charge in [-0.25, -0.2) is 0 Å². The van der Waals surface area contributed by atoms with E-state index in [0.717, 1.165) is 5.56 Å². The summed E-state index contributed by atoms with van der Waals surface area (Å²) in [6, 6.07) is 12.2. The van der Waals surface area contributed by atoms with Crippen LogP contribution in [0, 0.1) is 11.3 Å². The van der Waals surface area contributed by atoms with Gasteiger partial charge in [-0.1, -0.05) is 36.4 Å². The predicted molar refractivity (Wildman–Crippen MR) is 73.9 cm³/mol. The molecule has 0 heterocycles. The number of nitriles is 1. The summed E-state index contributed by atoms with van der Waals surface area (Å²) in [4.78, 5) is 0. The van der Waals surface area contributed by atoms with Gasteiger partial charge >= 0.3 is 0 Å². The van der Waals surface area contributed by atoms with Crippen LogP contribution in [-0.4, -0.2) is 13.9 Å². The normalized spacial score (nSPS) is 15.5. The van der Waals surface area contributed by atoms with Crippen LogP contribution in [0.2, 0.25) is 19.6 Å². The minimum Gasteiger partial charge on any atom is -0.397 e. The first-order valence-corrected chi connectivity index (χ1v) is 9.11. The van der Waals surface area contributed by atoms with Crippen molar-refractivity contribution in [3.8, 4) is 6.07 Å². The number of nitrogens with zero attached hydrogens (tertiary/aromatic N) is 1. The number of hydrogen-bond donors (Lipinski definition) is 0. The van der Waals surface area contributed by atoms with Crippen molar-refractivity contribution >= 4 is 14.4 Å². The third-order valence-electron chi connectivity index (χ3n) is 2.13. The Hall–Kier alpha value is -1.37. The molecule has 0 aliphatic rings. The van der Waals surface area contributed by atoms with Gasteiger partial charge in [-0.3, -0.25) is 0 Å². The first kappa shape index (κ1) is 13.7. The highest BCUT2D eigenvalue weighted by molar-refractivity contribution is 6.69. The van der Waals surface area contributed by atoms with Gasteiger partial charge in [0.25, 0.3) is 0 Å². The van der Waals surface area contributed by atoms with Crippen LogP contribution < -0.4 is 0 Å². The van der Waals surface area contributed by atoms with Gasteiger partial charge < -0.3 is 4.43 Å². The summed E-state index contributed by atoms with van der Waals surface area (Å²) in [7, 11) is -1.73. The molecule has 0 bridgehead atoms. The lowest BCUT2D eigenvalue weighted by Crippen LogP contribution is -2.38. The van der Waals surface area contributed by atoms with Crippen molar-refractivity contribution in [1.82, 2.24) is 0 Å². The third kappa shape index (κ3) is 4.99. The molecule has 0 aliphatic heterocycles. The first-order chi connectivity index (χ1) is 7.85. The summed E-state index contributed by atoms with van der Waals surface area (Å²) < 4.78 is 5.89. The molecular formula is C14H19NOSi. The van der Waals surface area contributed by atoms with Crippen LogP contribution in [0.3, 0.4) is 0 Å². The Morgan fingerprint density at radius 1 is 1.24 bits per heavy atom. The lowest BCUT2D eigenvalue weighted by Gasteiger charge is -2.27. The molecule has 1 aromatic rings. The minimum absolute atomic E-state index is 0.833. The van der Waals surface area contributed by atoms with E-state index < -0.39 is 13.9 Å². The molecule has 0 spiro atoms. The molecule has 17 heavy (non-hydrogen) atoms. The zero-order chi connectivity index (χ0) is 12.9. The van der Waals surface area contributed by atoms with Gasteiger partial charge in [0.05, 0.1) is 0 Å². The maximum Gasteiger partial charge on any atom is 0.186 e. The van der Waals surface area contributed by atoms with E-state index in [0.29, 0.717) is 0 Å². The van der Waals surface area contributed by atoms with Gasteiger partial charge in [0, 0.05) is 0 Å². The smallest absolute Gasteiger partial charge is 0.186 e. The van der Waals surface area contributed by atoms with Crippen LogP contribution in [0.25, 0.3) is 6.08 Å². The van der Waals surface area contributed by atoms with Crippen LogP contribution in [0.15, 0.2) is 36.4 Å². The monoisotopic (exact) mass is 245 g/mol. The predicted octanol–water partition coefficient (Wildman–Crippen LogP) is 3.83. The second-order valence-corrected chi connectivity index (χ2v) is 9.61. The molecule has 0 unspecified atom stereocenters. The van der Waals surface area contributed by atoms with Gasteiger partial charge in [-0.05, 0) is 38.2 Å². The van der Waals surface area contributed by atoms with Crippen molar-refractivity contribution in [3.05, 3.63) is 42.0 Å². The van der Waals surface area contributed by atoms with E-state index in [2.05, 4.69) is 25.7 Å². The van der Waals surface area contributed by atoms with E-state index >= 15 is 0 Å². The van der Waals surface area contributed by atoms with E-state index in [9.17, 15) is 5.26 Å². The van der Waals surface area contributed by atoms with Crippen LogP contribution in [0.1, 0.15) is 12.5 Å². The molecule has 0 radical (unpaired) electrons.